The SMILES string of the molecule is CCS(=O)(=O)O.[Li]. The Balaban J connectivity index is 0. The summed E-state index contributed by atoms with van der Waals surface area (Å²) in [6.45, 7) is 1.37. The van der Waals surface area contributed by atoms with Gasteiger partial charge in [-0.05, 0) is 6.92 Å². The van der Waals surface area contributed by atoms with Crippen LogP contribution in [0.3, 0.4) is 0 Å². The zero-order valence-corrected chi connectivity index (χ0v) is 5.20. The quantitative estimate of drug-likeness (QED) is 0.372. The Labute approximate surface area is 55.0 Å². The van der Waals surface area contributed by atoms with E-state index in [1.165, 1.54) is 6.92 Å². The summed E-state index contributed by atoms with van der Waals surface area (Å²) in [6, 6.07) is 0. The summed E-state index contributed by atoms with van der Waals surface area (Å²) in [7, 11) is -3.66. The standard InChI is InChI=1S/C2H6O3S.Li/c1-2-6(3,4)5;/h2H2,1H3,(H,3,4,5);. The molecule has 0 saturated heterocycles. The van der Waals surface area contributed by atoms with Gasteiger partial charge in [-0.15, -0.1) is 0 Å². The van der Waals surface area contributed by atoms with Crippen molar-refractivity contribution in [2.75, 3.05) is 5.75 Å². The van der Waals surface area contributed by atoms with Crippen LogP contribution in [0.25, 0.3) is 0 Å². The van der Waals surface area contributed by atoms with Gasteiger partial charge in [-0.1, -0.05) is 0 Å². The van der Waals surface area contributed by atoms with Gasteiger partial charge in [0, 0.05) is 18.9 Å². The smallest absolute Gasteiger partial charge is 0.264 e. The topological polar surface area (TPSA) is 54.4 Å². The largest absolute Gasteiger partial charge is 0.286 e. The Hall–Kier alpha value is 0.507. The van der Waals surface area contributed by atoms with E-state index in [1.54, 1.807) is 0 Å². The van der Waals surface area contributed by atoms with Crippen molar-refractivity contribution in [2.24, 2.45) is 0 Å². The van der Waals surface area contributed by atoms with Crippen LogP contribution in [-0.4, -0.2) is 37.6 Å². The Morgan fingerprint density at radius 3 is 1.71 bits per heavy atom. The van der Waals surface area contributed by atoms with Crippen molar-refractivity contribution in [2.45, 2.75) is 6.92 Å². The van der Waals surface area contributed by atoms with Gasteiger partial charge < -0.3 is 0 Å². The van der Waals surface area contributed by atoms with Crippen LogP contribution in [0.4, 0.5) is 0 Å². The molecular weight excluding hydrogens is 111 g/mol. The van der Waals surface area contributed by atoms with Crippen molar-refractivity contribution >= 4 is 29.0 Å². The Morgan fingerprint density at radius 2 is 1.71 bits per heavy atom. The molecule has 0 aliphatic carbocycles. The second-order valence-electron chi connectivity index (χ2n) is 0.871. The third-order valence-electron chi connectivity index (χ3n) is 0.365. The van der Waals surface area contributed by atoms with Crippen LogP contribution in [0.5, 0.6) is 0 Å². The minimum absolute atomic E-state index is 0. The molecule has 1 N–H and O–H groups in total. The Morgan fingerprint density at radius 1 is 1.57 bits per heavy atom. The van der Waals surface area contributed by atoms with Crippen LogP contribution in [0.2, 0.25) is 0 Å². The molecule has 0 saturated carbocycles. The zero-order chi connectivity index (χ0) is 5.21. The molecule has 0 aromatic rings. The number of hydrogen-bond donors (Lipinski definition) is 1. The molecule has 0 bridgehead atoms. The molecule has 0 aliphatic heterocycles. The first kappa shape index (κ1) is 10.5. The summed E-state index contributed by atoms with van der Waals surface area (Å²) < 4.78 is 26.9. The zero-order valence-electron chi connectivity index (χ0n) is 4.38. The molecule has 0 aromatic carbocycles. The summed E-state index contributed by atoms with van der Waals surface area (Å²) in [5.74, 6) is -0.201. The van der Waals surface area contributed by atoms with Crippen molar-refractivity contribution in [1.29, 1.82) is 0 Å². The molecule has 0 aliphatic rings. The Kier molecular flexibility index (Phi) is 5.24. The molecule has 0 fully saturated rings. The normalized spacial score (nSPS) is 10.0. The Bertz CT molecular complexity index is 115. The van der Waals surface area contributed by atoms with Crippen LogP contribution in [-0.2, 0) is 10.1 Å². The van der Waals surface area contributed by atoms with Crippen molar-refractivity contribution in [3.8, 4) is 0 Å². The molecule has 0 rings (SSSR count). The van der Waals surface area contributed by atoms with Crippen LogP contribution in [0.1, 0.15) is 6.92 Å². The van der Waals surface area contributed by atoms with Gasteiger partial charge in [0.15, 0.2) is 0 Å². The number of hydrogen-bond acceptors (Lipinski definition) is 2. The van der Waals surface area contributed by atoms with Gasteiger partial charge in [-0.3, -0.25) is 4.55 Å². The van der Waals surface area contributed by atoms with E-state index in [4.69, 9.17) is 4.55 Å². The summed E-state index contributed by atoms with van der Waals surface area (Å²) >= 11 is 0. The first-order chi connectivity index (χ1) is 2.56. The fourth-order valence-electron chi connectivity index (χ4n) is 0. The van der Waals surface area contributed by atoms with Crippen molar-refractivity contribution in [3.63, 3.8) is 0 Å². The summed E-state index contributed by atoms with van der Waals surface area (Å²) in [4.78, 5) is 0. The van der Waals surface area contributed by atoms with Crippen molar-refractivity contribution in [3.05, 3.63) is 0 Å². The first-order valence-corrected chi connectivity index (χ1v) is 3.12. The molecule has 0 amide bonds. The van der Waals surface area contributed by atoms with E-state index in [0.29, 0.717) is 0 Å². The van der Waals surface area contributed by atoms with Crippen LogP contribution in [0.15, 0.2) is 0 Å². The molecule has 1 radical (unpaired) electrons. The van der Waals surface area contributed by atoms with Gasteiger partial charge in [0.05, 0.1) is 5.75 Å². The molecule has 3 nitrogen and oxygen atoms in total. The van der Waals surface area contributed by atoms with E-state index in [2.05, 4.69) is 0 Å². The molecule has 0 spiro atoms. The molecule has 5 heteroatoms. The molecule has 0 atom stereocenters. The van der Waals surface area contributed by atoms with Crippen LogP contribution < -0.4 is 0 Å². The van der Waals surface area contributed by atoms with Crippen molar-refractivity contribution in [1.82, 2.24) is 0 Å². The van der Waals surface area contributed by atoms with Gasteiger partial charge in [0.1, 0.15) is 0 Å². The fourth-order valence-corrected chi connectivity index (χ4v) is 0. The molecule has 0 heterocycles. The maximum Gasteiger partial charge on any atom is 0.264 e. The molecule has 7 heavy (non-hydrogen) atoms. The average molecular weight is 117 g/mol. The predicted octanol–water partition coefficient (Wildman–Crippen LogP) is -0.487. The molecule has 39 valence electrons. The molecule has 0 aromatic heterocycles. The van der Waals surface area contributed by atoms with Gasteiger partial charge in [-0.2, -0.15) is 8.42 Å². The minimum atomic E-state index is -3.66. The van der Waals surface area contributed by atoms with Crippen molar-refractivity contribution < 1.29 is 13.0 Å². The monoisotopic (exact) mass is 117 g/mol. The molecular formula is C2H6LiO3S. The van der Waals surface area contributed by atoms with E-state index >= 15 is 0 Å². The summed E-state index contributed by atoms with van der Waals surface area (Å²) in [5, 5.41) is 0. The second kappa shape index (κ2) is 3.50. The summed E-state index contributed by atoms with van der Waals surface area (Å²) in [6.07, 6.45) is 0. The third-order valence-corrected chi connectivity index (χ3v) is 1.09. The second-order valence-corrected chi connectivity index (χ2v) is 2.61. The third kappa shape index (κ3) is 10.7. The maximum absolute atomic E-state index is 9.56. The van der Waals surface area contributed by atoms with E-state index in [0.717, 1.165) is 0 Å². The maximum atomic E-state index is 9.56. The van der Waals surface area contributed by atoms with Gasteiger partial charge in [-0.25, -0.2) is 0 Å². The molecule has 0 unspecified atom stereocenters. The first-order valence-electron chi connectivity index (χ1n) is 1.51. The average Bonchev–Trinajstić information content (AvgIpc) is 1.35. The number of rotatable bonds is 1. The van der Waals surface area contributed by atoms with Gasteiger partial charge >= 0.3 is 0 Å². The van der Waals surface area contributed by atoms with E-state index in [-0.39, 0.29) is 24.6 Å². The van der Waals surface area contributed by atoms with Gasteiger partial charge in [0.2, 0.25) is 0 Å². The predicted molar refractivity (Wildman–Crippen MR) is 27.8 cm³/mol. The van der Waals surface area contributed by atoms with Crippen LogP contribution >= 0.6 is 0 Å². The fraction of sp³-hybridized carbons (Fsp3) is 1.00. The van der Waals surface area contributed by atoms with E-state index in [1.807, 2.05) is 0 Å². The van der Waals surface area contributed by atoms with E-state index in [9.17, 15) is 8.42 Å². The van der Waals surface area contributed by atoms with E-state index < -0.39 is 10.1 Å². The van der Waals surface area contributed by atoms with Crippen LogP contribution in [0, 0.1) is 0 Å². The van der Waals surface area contributed by atoms with Gasteiger partial charge in [0.25, 0.3) is 10.1 Å². The minimum Gasteiger partial charge on any atom is -0.286 e. The summed E-state index contributed by atoms with van der Waals surface area (Å²) in [5.41, 5.74) is 0.